The third kappa shape index (κ3) is 6.63. The lowest BCUT2D eigenvalue weighted by atomic mass is 10.2. The summed E-state index contributed by atoms with van der Waals surface area (Å²) < 4.78 is 19.7. The molecule has 1 aliphatic rings. The molecule has 0 aliphatic heterocycles. The van der Waals surface area contributed by atoms with E-state index in [9.17, 15) is 5.11 Å². The maximum absolute atomic E-state index is 10.7. The van der Waals surface area contributed by atoms with Gasteiger partial charge in [-0.3, -0.25) is 4.90 Å². The van der Waals surface area contributed by atoms with Gasteiger partial charge in [0.25, 0.3) is 0 Å². The molecular formula is C28H37N3O4. The summed E-state index contributed by atoms with van der Waals surface area (Å²) in [7, 11) is 1.64. The maximum Gasteiger partial charge on any atom is 0.227 e. The number of hydrogen-bond donors (Lipinski definition) is 1. The zero-order valence-corrected chi connectivity index (χ0v) is 21.4. The zero-order chi connectivity index (χ0) is 25.0. The molecule has 188 valence electrons. The van der Waals surface area contributed by atoms with Crippen molar-refractivity contribution < 1.29 is 19.3 Å². The van der Waals surface area contributed by atoms with Crippen LogP contribution in [0.4, 0.5) is 0 Å². The van der Waals surface area contributed by atoms with Crippen molar-refractivity contribution in [2.24, 2.45) is 0 Å². The molecule has 0 spiro atoms. The molecule has 0 saturated heterocycles. The lowest BCUT2D eigenvalue weighted by molar-refractivity contribution is -0.0573. The predicted molar refractivity (Wildman–Crippen MR) is 137 cm³/mol. The van der Waals surface area contributed by atoms with Crippen LogP contribution in [0, 0.1) is 6.92 Å². The number of aliphatic hydroxyl groups is 1. The predicted octanol–water partition coefficient (Wildman–Crippen LogP) is 5.12. The highest BCUT2D eigenvalue weighted by Gasteiger charge is 2.33. The largest absolute Gasteiger partial charge is 0.493 e. The maximum atomic E-state index is 10.7. The highest BCUT2D eigenvalue weighted by atomic mass is 16.5. The fourth-order valence-electron chi connectivity index (χ4n) is 4.03. The minimum Gasteiger partial charge on any atom is -0.493 e. The fourth-order valence-corrected chi connectivity index (χ4v) is 4.03. The van der Waals surface area contributed by atoms with Crippen molar-refractivity contribution in [3.05, 3.63) is 65.9 Å². The van der Waals surface area contributed by atoms with Crippen LogP contribution in [-0.2, 0) is 11.3 Å². The minimum atomic E-state index is -0.571. The minimum absolute atomic E-state index is 0.283. The second-order valence-electron chi connectivity index (χ2n) is 10.1. The lowest BCUT2D eigenvalue weighted by Crippen LogP contribution is -2.38. The first kappa shape index (κ1) is 25.2. The molecule has 1 atom stereocenters. The molecule has 0 amide bonds. The molecule has 0 radical (unpaired) electrons. The van der Waals surface area contributed by atoms with Gasteiger partial charge in [0, 0.05) is 19.1 Å². The molecule has 1 saturated carbocycles. The summed E-state index contributed by atoms with van der Waals surface area (Å²) in [6, 6.07) is 18.0. The van der Waals surface area contributed by atoms with Gasteiger partial charge in [-0.2, -0.15) is 5.10 Å². The number of hydrogen-bond acceptors (Lipinski definition) is 6. The van der Waals surface area contributed by atoms with Crippen LogP contribution in [0.25, 0.3) is 5.69 Å². The summed E-state index contributed by atoms with van der Waals surface area (Å²) in [6.45, 7) is 9.47. The van der Waals surface area contributed by atoms with Gasteiger partial charge in [0.1, 0.15) is 0 Å². The van der Waals surface area contributed by atoms with Crippen molar-refractivity contribution in [1.29, 1.82) is 0 Å². The van der Waals surface area contributed by atoms with Crippen molar-refractivity contribution in [2.45, 2.75) is 64.8 Å². The van der Waals surface area contributed by atoms with Gasteiger partial charge in [-0.15, -0.1) is 0 Å². The smallest absolute Gasteiger partial charge is 0.227 e. The summed E-state index contributed by atoms with van der Waals surface area (Å²) in [5.41, 5.74) is 2.53. The number of aryl methyl sites for hydroxylation is 1. The van der Waals surface area contributed by atoms with Crippen molar-refractivity contribution >= 4 is 0 Å². The van der Waals surface area contributed by atoms with Crippen molar-refractivity contribution in [3.63, 3.8) is 0 Å². The number of aromatic nitrogens is 2. The number of rotatable bonds is 11. The Morgan fingerprint density at radius 1 is 1.06 bits per heavy atom. The van der Waals surface area contributed by atoms with Gasteiger partial charge in [0.05, 0.1) is 42.4 Å². The van der Waals surface area contributed by atoms with Crippen LogP contribution < -0.4 is 9.47 Å². The average molecular weight is 480 g/mol. The number of methoxy groups -OCH3 is 1. The fraction of sp³-hybridized carbons (Fsp3) is 0.464. The molecule has 1 N–H and O–H groups in total. The van der Waals surface area contributed by atoms with E-state index < -0.39 is 6.10 Å². The van der Waals surface area contributed by atoms with E-state index in [-0.39, 0.29) is 5.60 Å². The van der Waals surface area contributed by atoms with Gasteiger partial charge in [0.2, 0.25) is 5.88 Å². The monoisotopic (exact) mass is 479 g/mol. The molecule has 7 heteroatoms. The van der Waals surface area contributed by atoms with E-state index in [0.717, 1.165) is 29.8 Å². The second kappa shape index (κ2) is 10.8. The van der Waals surface area contributed by atoms with Crippen LogP contribution in [0.2, 0.25) is 0 Å². The van der Waals surface area contributed by atoms with E-state index in [1.807, 2.05) is 87.0 Å². The standard InChI is InChI=1S/C28H37N3O4/c1-20-24(18-30(21-15-16-21)17-23(32)19-34-28(2,3)4)27(31(29-20)22-11-7-6-8-12-22)35-26-14-10-9-13-25(26)33-5/h6-14,21,23,32H,15-19H2,1-5H3. The topological polar surface area (TPSA) is 69.0 Å². The van der Waals surface area contributed by atoms with Crippen LogP contribution in [-0.4, -0.2) is 57.8 Å². The van der Waals surface area contributed by atoms with E-state index in [0.29, 0.717) is 43.1 Å². The summed E-state index contributed by atoms with van der Waals surface area (Å²) in [5, 5.41) is 15.6. The third-order valence-corrected chi connectivity index (χ3v) is 5.99. The second-order valence-corrected chi connectivity index (χ2v) is 10.1. The molecule has 2 aromatic carbocycles. The molecule has 1 heterocycles. The first-order valence-corrected chi connectivity index (χ1v) is 12.3. The van der Waals surface area contributed by atoms with E-state index >= 15 is 0 Å². The van der Waals surface area contributed by atoms with Gasteiger partial charge >= 0.3 is 0 Å². The molecule has 7 nitrogen and oxygen atoms in total. The Morgan fingerprint density at radius 2 is 1.71 bits per heavy atom. The summed E-state index contributed by atoms with van der Waals surface area (Å²) >= 11 is 0. The Labute approximate surface area is 208 Å². The Balaban J connectivity index is 1.65. The van der Waals surface area contributed by atoms with Gasteiger partial charge in [-0.25, -0.2) is 4.68 Å². The number of benzene rings is 2. The third-order valence-electron chi connectivity index (χ3n) is 5.99. The van der Waals surface area contributed by atoms with Crippen LogP contribution in [0.3, 0.4) is 0 Å². The van der Waals surface area contributed by atoms with Crippen molar-refractivity contribution in [3.8, 4) is 23.1 Å². The number of para-hydroxylation sites is 3. The summed E-state index contributed by atoms with van der Waals surface area (Å²) in [5.74, 6) is 1.94. The van der Waals surface area contributed by atoms with Crippen molar-refractivity contribution in [1.82, 2.24) is 14.7 Å². The molecule has 3 aromatic rings. The molecule has 4 rings (SSSR count). The SMILES string of the molecule is COc1ccccc1Oc1c(CN(CC(O)COC(C)(C)C)C2CC2)c(C)nn1-c1ccccc1. The first-order valence-electron chi connectivity index (χ1n) is 12.3. The first-order chi connectivity index (χ1) is 16.7. The highest BCUT2D eigenvalue weighted by molar-refractivity contribution is 5.47. The van der Waals surface area contributed by atoms with Crippen LogP contribution in [0.1, 0.15) is 44.9 Å². The van der Waals surface area contributed by atoms with E-state index in [1.54, 1.807) is 7.11 Å². The van der Waals surface area contributed by atoms with Crippen LogP contribution in [0.15, 0.2) is 54.6 Å². The Bertz CT molecular complexity index is 1100. The lowest BCUT2D eigenvalue weighted by Gasteiger charge is -2.27. The zero-order valence-electron chi connectivity index (χ0n) is 21.4. The van der Waals surface area contributed by atoms with Gasteiger partial charge in [0.15, 0.2) is 11.5 Å². The highest BCUT2D eigenvalue weighted by Crippen LogP contribution is 2.37. The molecular weight excluding hydrogens is 442 g/mol. The van der Waals surface area contributed by atoms with E-state index in [1.165, 1.54) is 0 Å². The van der Waals surface area contributed by atoms with Crippen molar-refractivity contribution in [2.75, 3.05) is 20.3 Å². The van der Waals surface area contributed by atoms with Gasteiger partial charge in [-0.05, 0) is 64.8 Å². The van der Waals surface area contributed by atoms with Crippen LogP contribution in [0.5, 0.6) is 17.4 Å². The number of aliphatic hydroxyl groups excluding tert-OH is 1. The Kier molecular flexibility index (Phi) is 7.79. The number of nitrogens with zero attached hydrogens (tertiary/aromatic N) is 3. The Morgan fingerprint density at radius 3 is 2.34 bits per heavy atom. The number of ether oxygens (including phenoxy) is 3. The van der Waals surface area contributed by atoms with E-state index in [4.69, 9.17) is 19.3 Å². The molecule has 1 aliphatic carbocycles. The Hall–Kier alpha value is -2.87. The normalized spacial score (nSPS) is 14.8. The molecule has 1 unspecified atom stereocenters. The quantitative estimate of drug-likeness (QED) is 0.412. The van der Waals surface area contributed by atoms with Gasteiger partial charge in [-0.1, -0.05) is 30.3 Å². The molecule has 1 fully saturated rings. The van der Waals surface area contributed by atoms with Gasteiger partial charge < -0.3 is 19.3 Å². The van der Waals surface area contributed by atoms with E-state index in [2.05, 4.69) is 4.90 Å². The summed E-state index contributed by atoms with van der Waals surface area (Å²) in [6.07, 6.45) is 1.68. The summed E-state index contributed by atoms with van der Waals surface area (Å²) in [4.78, 5) is 2.32. The van der Waals surface area contributed by atoms with Crippen LogP contribution >= 0.6 is 0 Å². The molecule has 0 bridgehead atoms. The average Bonchev–Trinajstić information content (AvgIpc) is 3.64. The molecule has 35 heavy (non-hydrogen) atoms. The molecule has 1 aromatic heterocycles.